The number of hydrogen-bond donors (Lipinski definition) is 2. The quantitative estimate of drug-likeness (QED) is 0.545. The van der Waals surface area contributed by atoms with E-state index in [9.17, 15) is 9.59 Å². The summed E-state index contributed by atoms with van der Waals surface area (Å²) in [5.74, 6) is -0.368. The van der Waals surface area contributed by atoms with Crippen molar-refractivity contribution in [3.63, 3.8) is 0 Å². The van der Waals surface area contributed by atoms with Crippen LogP contribution in [0.4, 0.5) is 0 Å². The molecule has 0 unspecified atom stereocenters. The lowest BCUT2D eigenvalue weighted by molar-refractivity contribution is 0.0924. The first-order chi connectivity index (χ1) is 14.5. The van der Waals surface area contributed by atoms with Gasteiger partial charge in [-0.15, -0.1) is 0 Å². The van der Waals surface area contributed by atoms with Gasteiger partial charge in [0.25, 0.3) is 11.8 Å². The maximum Gasteiger partial charge on any atom is 0.272 e. The summed E-state index contributed by atoms with van der Waals surface area (Å²) in [6, 6.07) is 15.2. The van der Waals surface area contributed by atoms with Crippen molar-refractivity contribution < 1.29 is 9.59 Å². The molecule has 154 valence electrons. The number of amides is 2. The lowest BCUT2D eigenvalue weighted by atomic mass is 10.2. The van der Waals surface area contributed by atoms with Crippen molar-refractivity contribution in [3.05, 3.63) is 81.1 Å². The Hall–Kier alpha value is -2.93. The van der Waals surface area contributed by atoms with Gasteiger partial charge in [0.1, 0.15) is 0 Å². The Balaban J connectivity index is 1.40. The fourth-order valence-corrected chi connectivity index (χ4v) is 4.19. The highest BCUT2D eigenvalue weighted by molar-refractivity contribution is 9.10. The fourth-order valence-electron chi connectivity index (χ4n) is 3.79. The number of para-hydroxylation sites is 1. The number of carbonyl (C=O) groups excluding carboxylic acids is 2. The Bertz CT molecular complexity index is 1110. The lowest BCUT2D eigenvalue weighted by Crippen LogP contribution is -2.35. The van der Waals surface area contributed by atoms with Gasteiger partial charge in [-0.05, 0) is 56.0 Å². The fraction of sp³-hybridized carbons (Fsp3) is 0.261. The van der Waals surface area contributed by atoms with Gasteiger partial charge in [0.15, 0.2) is 5.69 Å². The van der Waals surface area contributed by atoms with Crippen molar-refractivity contribution in [3.8, 4) is 5.69 Å². The average Bonchev–Trinajstić information content (AvgIpc) is 3.34. The number of fused-ring (bicyclic) bond motifs is 1. The number of nitrogens with one attached hydrogen (secondary N) is 2. The molecule has 0 spiro atoms. The predicted octanol–water partition coefficient (Wildman–Crippen LogP) is 3.59. The van der Waals surface area contributed by atoms with Crippen LogP contribution in [0.2, 0.25) is 0 Å². The number of halogens is 1. The largest absolute Gasteiger partial charge is 0.350 e. The van der Waals surface area contributed by atoms with Crippen LogP contribution in [0.1, 0.15) is 44.1 Å². The van der Waals surface area contributed by atoms with E-state index in [4.69, 9.17) is 0 Å². The Morgan fingerprint density at radius 1 is 1.03 bits per heavy atom. The second-order valence-corrected chi connectivity index (χ2v) is 8.26. The van der Waals surface area contributed by atoms with Crippen molar-refractivity contribution in [2.45, 2.75) is 26.2 Å². The van der Waals surface area contributed by atoms with Crippen LogP contribution in [0.15, 0.2) is 53.0 Å². The summed E-state index contributed by atoms with van der Waals surface area (Å²) in [5, 5.41) is 10.4. The lowest BCUT2D eigenvalue weighted by Gasteiger charge is -2.08. The predicted molar refractivity (Wildman–Crippen MR) is 119 cm³/mol. The highest BCUT2D eigenvalue weighted by atomic mass is 79.9. The van der Waals surface area contributed by atoms with Gasteiger partial charge in [0.05, 0.1) is 5.69 Å². The molecule has 0 radical (unpaired) electrons. The second kappa shape index (κ2) is 8.83. The first kappa shape index (κ1) is 20.3. The van der Waals surface area contributed by atoms with Crippen LogP contribution < -0.4 is 10.6 Å². The van der Waals surface area contributed by atoms with Crippen LogP contribution in [-0.4, -0.2) is 34.7 Å². The third-order valence-electron chi connectivity index (χ3n) is 5.27. The molecule has 6 nitrogen and oxygen atoms in total. The molecule has 3 aromatic rings. The van der Waals surface area contributed by atoms with E-state index in [0.29, 0.717) is 24.3 Å². The average molecular weight is 467 g/mol. The molecule has 2 N–H and O–H groups in total. The molecule has 0 fully saturated rings. The first-order valence-electron chi connectivity index (χ1n) is 10.0. The zero-order valence-electron chi connectivity index (χ0n) is 16.7. The smallest absolute Gasteiger partial charge is 0.272 e. The van der Waals surface area contributed by atoms with E-state index in [-0.39, 0.29) is 11.8 Å². The molecule has 4 rings (SSSR count). The summed E-state index contributed by atoms with van der Waals surface area (Å²) in [5.41, 5.74) is 5.36. The van der Waals surface area contributed by atoms with Crippen LogP contribution in [0, 0.1) is 6.92 Å². The van der Waals surface area contributed by atoms with Crippen molar-refractivity contribution in [1.82, 2.24) is 20.4 Å². The maximum absolute atomic E-state index is 12.8. The van der Waals surface area contributed by atoms with E-state index in [1.807, 2.05) is 48.0 Å². The molecule has 0 saturated carbocycles. The summed E-state index contributed by atoms with van der Waals surface area (Å²) in [6.45, 7) is 2.73. The highest BCUT2D eigenvalue weighted by Gasteiger charge is 2.27. The summed E-state index contributed by atoms with van der Waals surface area (Å²) in [4.78, 5) is 25.0. The SMILES string of the molecule is Cc1ccccc1-n1nc(C(=O)NCCNC(=O)c2cccc(Br)c2)c2c1CCC2. The van der Waals surface area contributed by atoms with E-state index >= 15 is 0 Å². The van der Waals surface area contributed by atoms with E-state index in [0.717, 1.165) is 46.2 Å². The maximum atomic E-state index is 12.8. The summed E-state index contributed by atoms with van der Waals surface area (Å²) in [6.07, 6.45) is 2.82. The number of aromatic nitrogens is 2. The normalized spacial score (nSPS) is 12.5. The highest BCUT2D eigenvalue weighted by Crippen LogP contribution is 2.28. The standard InChI is InChI=1S/C23H23BrN4O2/c1-15-6-2-3-10-19(15)28-20-11-5-9-18(20)21(27-28)23(30)26-13-12-25-22(29)16-7-4-8-17(24)14-16/h2-4,6-8,10,14H,5,9,11-13H2,1H3,(H,25,29)(H,26,30). The van der Waals surface area contributed by atoms with Gasteiger partial charge < -0.3 is 10.6 Å². The Morgan fingerprint density at radius 3 is 2.57 bits per heavy atom. The van der Waals surface area contributed by atoms with Crippen molar-refractivity contribution in [1.29, 1.82) is 0 Å². The minimum atomic E-state index is -0.197. The molecule has 1 aromatic heterocycles. The third kappa shape index (κ3) is 4.16. The van der Waals surface area contributed by atoms with Crippen LogP contribution in [0.25, 0.3) is 5.69 Å². The van der Waals surface area contributed by atoms with Gasteiger partial charge in [-0.2, -0.15) is 5.10 Å². The van der Waals surface area contributed by atoms with Gasteiger partial charge in [0.2, 0.25) is 0 Å². The molecule has 0 atom stereocenters. The van der Waals surface area contributed by atoms with Crippen LogP contribution in [-0.2, 0) is 12.8 Å². The minimum absolute atomic E-state index is 0.171. The second-order valence-electron chi connectivity index (χ2n) is 7.35. The van der Waals surface area contributed by atoms with Crippen LogP contribution in [0.3, 0.4) is 0 Å². The number of nitrogens with zero attached hydrogens (tertiary/aromatic N) is 2. The monoisotopic (exact) mass is 466 g/mol. The van der Waals surface area contributed by atoms with Crippen molar-refractivity contribution >= 4 is 27.7 Å². The molecule has 7 heteroatoms. The number of rotatable bonds is 6. The molecule has 0 bridgehead atoms. The van der Waals surface area contributed by atoms with Gasteiger partial charge in [-0.3, -0.25) is 9.59 Å². The van der Waals surface area contributed by atoms with Gasteiger partial charge in [0, 0.05) is 34.4 Å². The van der Waals surface area contributed by atoms with E-state index < -0.39 is 0 Å². The summed E-state index contributed by atoms with van der Waals surface area (Å²) >= 11 is 3.36. The molecular formula is C23H23BrN4O2. The van der Waals surface area contributed by atoms with Crippen molar-refractivity contribution in [2.75, 3.05) is 13.1 Å². The third-order valence-corrected chi connectivity index (χ3v) is 5.77. The Labute approximate surface area is 183 Å². The number of carbonyl (C=O) groups is 2. The number of hydrogen-bond acceptors (Lipinski definition) is 3. The van der Waals surface area contributed by atoms with Crippen molar-refractivity contribution in [2.24, 2.45) is 0 Å². The minimum Gasteiger partial charge on any atom is -0.350 e. The van der Waals surface area contributed by atoms with E-state index in [1.54, 1.807) is 12.1 Å². The first-order valence-corrected chi connectivity index (χ1v) is 10.8. The van der Waals surface area contributed by atoms with Gasteiger partial charge in [-0.1, -0.05) is 40.2 Å². The topological polar surface area (TPSA) is 76.0 Å². The molecule has 0 aliphatic heterocycles. The summed E-state index contributed by atoms with van der Waals surface area (Å²) < 4.78 is 2.77. The van der Waals surface area contributed by atoms with E-state index in [2.05, 4.69) is 31.7 Å². The Kier molecular flexibility index (Phi) is 5.99. The molecule has 1 aliphatic carbocycles. The van der Waals surface area contributed by atoms with Crippen LogP contribution in [0.5, 0.6) is 0 Å². The number of aryl methyl sites for hydroxylation is 1. The molecule has 0 saturated heterocycles. The molecule has 1 heterocycles. The van der Waals surface area contributed by atoms with Crippen LogP contribution >= 0.6 is 15.9 Å². The molecular weight excluding hydrogens is 444 g/mol. The molecule has 30 heavy (non-hydrogen) atoms. The molecule has 1 aliphatic rings. The molecule has 2 amide bonds. The number of benzene rings is 2. The zero-order valence-corrected chi connectivity index (χ0v) is 18.3. The van der Waals surface area contributed by atoms with E-state index in [1.165, 1.54) is 0 Å². The van der Waals surface area contributed by atoms with Gasteiger partial charge in [-0.25, -0.2) is 4.68 Å². The summed E-state index contributed by atoms with van der Waals surface area (Å²) in [7, 11) is 0. The molecule has 2 aromatic carbocycles. The Morgan fingerprint density at radius 2 is 1.80 bits per heavy atom. The van der Waals surface area contributed by atoms with Gasteiger partial charge >= 0.3 is 0 Å². The zero-order chi connectivity index (χ0) is 21.1.